The zero-order valence-electron chi connectivity index (χ0n) is 17.9. The first-order valence-corrected chi connectivity index (χ1v) is 10.4. The Morgan fingerprint density at radius 2 is 2.00 bits per heavy atom. The van der Waals surface area contributed by atoms with Crippen LogP contribution in [0.15, 0.2) is 55.0 Å². The zero-order valence-corrected chi connectivity index (χ0v) is 17.9. The van der Waals surface area contributed by atoms with Gasteiger partial charge in [0.25, 0.3) is 0 Å². The number of H-pyrrole nitrogens is 1. The van der Waals surface area contributed by atoms with Gasteiger partial charge in [-0.15, -0.1) is 0 Å². The van der Waals surface area contributed by atoms with Crippen molar-refractivity contribution in [2.24, 2.45) is 0 Å². The summed E-state index contributed by atoms with van der Waals surface area (Å²) in [6.07, 6.45) is 6.65. The second-order valence-electron chi connectivity index (χ2n) is 7.66. The van der Waals surface area contributed by atoms with Gasteiger partial charge in [-0.2, -0.15) is 0 Å². The average molecular weight is 432 g/mol. The molecule has 0 bridgehead atoms. The highest BCUT2D eigenvalue weighted by molar-refractivity contribution is 5.91. The topological polar surface area (TPSA) is 110 Å². The second kappa shape index (κ2) is 9.47. The van der Waals surface area contributed by atoms with Crippen molar-refractivity contribution in [1.82, 2.24) is 19.9 Å². The molecule has 4 rings (SSSR count). The highest BCUT2D eigenvalue weighted by Gasteiger charge is 2.13. The molecular weight excluding hydrogens is 408 g/mol. The molecule has 1 aromatic carbocycles. The van der Waals surface area contributed by atoms with Crippen molar-refractivity contribution in [2.45, 2.75) is 32.8 Å². The number of carboxylic acid groups (broad SMARTS) is 1. The third kappa shape index (κ3) is 5.21. The van der Waals surface area contributed by atoms with Crippen LogP contribution in [0.4, 0.5) is 0 Å². The van der Waals surface area contributed by atoms with E-state index in [1.807, 2.05) is 50.4 Å². The number of aromatic nitrogens is 4. The summed E-state index contributed by atoms with van der Waals surface area (Å²) in [6, 6.07) is 11.1. The monoisotopic (exact) mass is 432 g/mol. The number of nitrogens with one attached hydrogen (secondary N) is 1. The Balaban J connectivity index is 1.55. The number of ether oxygens (including phenoxy) is 2. The van der Waals surface area contributed by atoms with Gasteiger partial charge in [0.1, 0.15) is 17.3 Å². The maximum atomic E-state index is 11.2. The van der Waals surface area contributed by atoms with Crippen molar-refractivity contribution in [3.05, 3.63) is 66.1 Å². The van der Waals surface area contributed by atoms with Crippen molar-refractivity contribution in [3.63, 3.8) is 0 Å². The predicted molar refractivity (Wildman–Crippen MR) is 120 cm³/mol. The zero-order chi connectivity index (χ0) is 22.5. The molecule has 0 amide bonds. The lowest BCUT2D eigenvalue weighted by atomic mass is 10.1. The van der Waals surface area contributed by atoms with Crippen molar-refractivity contribution < 1.29 is 19.4 Å². The quantitative estimate of drug-likeness (QED) is 0.374. The number of hydrogen-bond donors (Lipinski definition) is 2. The first kappa shape index (κ1) is 21.3. The molecule has 0 spiro atoms. The maximum Gasteiger partial charge on any atom is 0.337 e. The molecular formula is C24H24N4O4. The van der Waals surface area contributed by atoms with Gasteiger partial charge in [0, 0.05) is 30.2 Å². The molecule has 2 N–H and O–H groups in total. The van der Waals surface area contributed by atoms with Gasteiger partial charge in [-0.3, -0.25) is 4.98 Å². The number of aromatic carboxylic acids is 1. The Bertz CT molecular complexity index is 1220. The Kier molecular flexibility index (Phi) is 6.30. The number of carboxylic acids is 1. The number of benzene rings is 1. The fraction of sp³-hybridized carbons (Fsp3) is 0.250. The molecule has 0 atom stereocenters. The van der Waals surface area contributed by atoms with E-state index in [0.717, 1.165) is 18.4 Å². The first-order valence-electron chi connectivity index (χ1n) is 10.4. The standard InChI is InChI=1S/C24H24N4O4/c1-15(2)32-20-10-17(22-27-21-11-18(24(29)30)14-26-23(21)28-22)9-19(12-20)31-8-4-6-16-5-3-7-25-13-16/h3,5,7,9-15H,4,6,8H2,1-2H3,(H,29,30)(H,26,27,28). The maximum absolute atomic E-state index is 11.2. The fourth-order valence-corrected chi connectivity index (χ4v) is 3.30. The fourth-order valence-electron chi connectivity index (χ4n) is 3.30. The summed E-state index contributed by atoms with van der Waals surface area (Å²) in [5.41, 5.74) is 3.03. The molecule has 0 aliphatic rings. The molecule has 8 nitrogen and oxygen atoms in total. The van der Waals surface area contributed by atoms with E-state index in [1.165, 1.54) is 17.8 Å². The molecule has 0 aliphatic heterocycles. The largest absolute Gasteiger partial charge is 0.493 e. The lowest BCUT2D eigenvalue weighted by molar-refractivity contribution is 0.0696. The van der Waals surface area contributed by atoms with E-state index in [4.69, 9.17) is 9.47 Å². The lowest BCUT2D eigenvalue weighted by Gasteiger charge is -2.13. The smallest absolute Gasteiger partial charge is 0.337 e. The number of pyridine rings is 2. The van der Waals surface area contributed by atoms with Crippen LogP contribution in [0.5, 0.6) is 11.5 Å². The number of nitrogens with zero attached hydrogens (tertiary/aromatic N) is 3. The van der Waals surface area contributed by atoms with Crippen LogP contribution in [0.3, 0.4) is 0 Å². The number of hydrogen-bond acceptors (Lipinski definition) is 6. The van der Waals surface area contributed by atoms with E-state index < -0.39 is 5.97 Å². The molecule has 0 unspecified atom stereocenters. The van der Waals surface area contributed by atoms with Gasteiger partial charge in [-0.25, -0.2) is 14.8 Å². The molecule has 0 saturated heterocycles. The Hall–Kier alpha value is -3.94. The van der Waals surface area contributed by atoms with E-state index in [0.29, 0.717) is 35.1 Å². The molecule has 8 heteroatoms. The molecule has 3 aromatic heterocycles. The van der Waals surface area contributed by atoms with E-state index in [9.17, 15) is 9.90 Å². The number of rotatable bonds is 9. The molecule has 32 heavy (non-hydrogen) atoms. The van der Waals surface area contributed by atoms with Crippen molar-refractivity contribution in [1.29, 1.82) is 0 Å². The number of aromatic amines is 1. The van der Waals surface area contributed by atoms with Gasteiger partial charge in [-0.1, -0.05) is 6.07 Å². The van der Waals surface area contributed by atoms with Crippen LogP contribution in [0, 0.1) is 0 Å². The summed E-state index contributed by atoms with van der Waals surface area (Å²) in [4.78, 5) is 27.1. The molecule has 0 aliphatic carbocycles. The number of carbonyl (C=O) groups is 1. The minimum Gasteiger partial charge on any atom is -0.493 e. The molecule has 4 aromatic rings. The van der Waals surface area contributed by atoms with Crippen LogP contribution in [0.2, 0.25) is 0 Å². The molecule has 0 saturated carbocycles. The first-order chi connectivity index (χ1) is 15.5. The van der Waals surface area contributed by atoms with Crippen LogP contribution < -0.4 is 9.47 Å². The van der Waals surface area contributed by atoms with Gasteiger partial charge in [0.15, 0.2) is 5.65 Å². The summed E-state index contributed by atoms with van der Waals surface area (Å²) in [5, 5.41) is 9.19. The number of fused-ring (bicyclic) bond motifs is 1. The molecule has 3 heterocycles. The summed E-state index contributed by atoms with van der Waals surface area (Å²) in [7, 11) is 0. The highest BCUT2D eigenvalue weighted by Crippen LogP contribution is 2.30. The van der Waals surface area contributed by atoms with Gasteiger partial charge in [0.05, 0.1) is 23.8 Å². The number of aryl methyl sites for hydroxylation is 1. The summed E-state index contributed by atoms with van der Waals surface area (Å²) in [5.74, 6) is 0.859. The molecule has 0 radical (unpaired) electrons. The average Bonchev–Trinajstić information content (AvgIpc) is 3.20. The van der Waals surface area contributed by atoms with Gasteiger partial charge < -0.3 is 19.6 Å². The SMILES string of the molecule is CC(C)Oc1cc(OCCCc2cccnc2)cc(-c2nc3ncc(C(=O)O)cc3[nH]2)c1. The minimum atomic E-state index is -1.04. The third-order valence-electron chi connectivity index (χ3n) is 4.71. The van der Waals surface area contributed by atoms with Gasteiger partial charge in [0.2, 0.25) is 0 Å². The predicted octanol–water partition coefficient (Wildman–Crippen LogP) is 4.52. The number of imidazole rings is 1. The van der Waals surface area contributed by atoms with Crippen molar-refractivity contribution in [2.75, 3.05) is 6.61 Å². The normalized spacial score (nSPS) is 11.1. The minimum absolute atomic E-state index is 0.000791. The van der Waals surface area contributed by atoms with E-state index in [1.54, 1.807) is 6.20 Å². The van der Waals surface area contributed by atoms with Crippen LogP contribution in [0.25, 0.3) is 22.6 Å². The molecule has 0 fully saturated rings. The van der Waals surface area contributed by atoms with Gasteiger partial charge in [-0.05, 0) is 56.5 Å². The van der Waals surface area contributed by atoms with Crippen molar-refractivity contribution in [3.8, 4) is 22.9 Å². The van der Waals surface area contributed by atoms with Crippen molar-refractivity contribution >= 4 is 17.1 Å². The van der Waals surface area contributed by atoms with Crippen LogP contribution in [-0.2, 0) is 6.42 Å². The summed E-state index contributed by atoms with van der Waals surface area (Å²) >= 11 is 0. The Morgan fingerprint density at radius 3 is 2.75 bits per heavy atom. The van der Waals surface area contributed by atoms with Crippen LogP contribution >= 0.6 is 0 Å². The van der Waals surface area contributed by atoms with Gasteiger partial charge >= 0.3 is 5.97 Å². The Morgan fingerprint density at radius 1 is 1.16 bits per heavy atom. The lowest BCUT2D eigenvalue weighted by Crippen LogP contribution is -2.06. The second-order valence-corrected chi connectivity index (χ2v) is 7.66. The van der Waals surface area contributed by atoms with E-state index >= 15 is 0 Å². The van der Waals surface area contributed by atoms with E-state index in [-0.39, 0.29) is 11.7 Å². The molecule has 164 valence electrons. The van der Waals surface area contributed by atoms with Crippen LogP contribution in [-0.4, -0.2) is 43.7 Å². The Labute approximate surface area is 185 Å². The summed E-state index contributed by atoms with van der Waals surface area (Å²) in [6.45, 7) is 4.46. The highest BCUT2D eigenvalue weighted by atomic mass is 16.5. The van der Waals surface area contributed by atoms with Crippen LogP contribution in [0.1, 0.15) is 36.2 Å². The van der Waals surface area contributed by atoms with E-state index in [2.05, 4.69) is 19.9 Å². The summed E-state index contributed by atoms with van der Waals surface area (Å²) < 4.78 is 11.9. The third-order valence-corrected chi connectivity index (χ3v) is 4.71.